The van der Waals surface area contributed by atoms with Crippen molar-refractivity contribution in [3.8, 4) is 0 Å². The molecular weight excluding hydrogens is 487 g/mol. The predicted octanol–water partition coefficient (Wildman–Crippen LogP) is 4.85. The highest BCUT2D eigenvalue weighted by atomic mass is 32.2. The van der Waals surface area contributed by atoms with Crippen LogP contribution in [-0.2, 0) is 27.4 Å². The number of aromatic nitrogens is 1. The number of hydrogen-bond acceptors (Lipinski definition) is 5. The summed E-state index contributed by atoms with van der Waals surface area (Å²) in [5, 5.41) is 3.78. The standard InChI is InChI=1S/C23H22F3N3O3S2/c1-15-22(33-20(27-15)14-16-7-5-8-17(13-16)23(24,25)26)28-21(30)19-11-6-12-29(19)34(31,32)18-9-3-2-4-10-18/h2-5,7-10,13,19H,6,11-12,14H2,1H3,(H,28,30). The first-order chi connectivity index (χ1) is 16.1. The molecule has 2 aromatic carbocycles. The van der Waals surface area contributed by atoms with E-state index < -0.39 is 33.7 Å². The first kappa shape index (κ1) is 24.4. The fourth-order valence-electron chi connectivity index (χ4n) is 3.89. The molecule has 0 spiro atoms. The molecule has 0 aliphatic carbocycles. The molecule has 1 saturated heterocycles. The molecule has 1 fully saturated rings. The molecule has 1 atom stereocenters. The molecule has 4 rings (SSSR count). The third-order valence-electron chi connectivity index (χ3n) is 5.54. The van der Waals surface area contributed by atoms with Gasteiger partial charge < -0.3 is 5.32 Å². The van der Waals surface area contributed by atoms with Crippen LogP contribution in [0.4, 0.5) is 18.2 Å². The van der Waals surface area contributed by atoms with Gasteiger partial charge in [-0.1, -0.05) is 36.4 Å². The number of carbonyl (C=O) groups excluding carboxylic acids is 1. The lowest BCUT2D eigenvalue weighted by atomic mass is 10.1. The summed E-state index contributed by atoms with van der Waals surface area (Å²) in [6.07, 6.45) is -3.29. The molecule has 1 aromatic heterocycles. The zero-order valence-corrected chi connectivity index (χ0v) is 19.8. The maximum absolute atomic E-state index is 13.0. The zero-order chi connectivity index (χ0) is 24.5. The molecule has 3 aromatic rings. The van der Waals surface area contributed by atoms with Gasteiger partial charge in [-0.2, -0.15) is 17.5 Å². The van der Waals surface area contributed by atoms with Gasteiger partial charge in [-0.3, -0.25) is 4.79 Å². The largest absolute Gasteiger partial charge is 0.416 e. The van der Waals surface area contributed by atoms with Gasteiger partial charge in [-0.05, 0) is 43.5 Å². The summed E-state index contributed by atoms with van der Waals surface area (Å²) in [6, 6.07) is 12.2. The minimum atomic E-state index is -4.43. The van der Waals surface area contributed by atoms with Crippen LogP contribution in [0.2, 0.25) is 0 Å². The number of carbonyl (C=O) groups is 1. The highest BCUT2D eigenvalue weighted by Crippen LogP contribution is 2.32. The molecule has 1 amide bonds. The van der Waals surface area contributed by atoms with Crippen LogP contribution < -0.4 is 5.32 Å². The quantitative estimate of drug-likeness (QED) is 0.515. The van der Waals surface area contributed by atoms with Crippen LogP contribution >= 0.6 is 11.3 Å². The highest BCUT2D eigenvalue weighted by molar-refractivity contribution is 7.89. The van der Waals surface area contributed by atoms with Crippen molar-refractivity contribution >= 4 is 32.3 Å². The normalized spacial score (nSPS) is 17.1. The van der Waals surface area contributed by atoms with E-state index in [0.717, 1.165) is 12.1 Å². The van der Waals surface area contributed by atoms with Gasteiger partial charge >= 0.3 is 6.18 Å². The Morgan fingerprint density at radius 2 is 1.91 bits per heavy atom. The van der Waals surface area contributed by atoms with Crippen molar-refractivity contribution in [2.75, 3.05) is 11.9 Å². The summed E-state index contributed by atoms with van der Waals surface area (Å²) in [7, 11) is -3.82. The summed E-state index contributed by atoms with van der Waals surface area (Å²) < 4.78 is 66.2. The number of aryl methyl sites for hydroxylation is 1. The summed E-state index contributed by atoms with van der Waals surface area (Å²) in [5.41, 5.74) is 0.251. The second-order valence-electron chi connectivity index (χ2n) is 7.97. The topological polar surface area (TPSA) is 79.4 Å². The molecule has 0 bridgehead atoms. The van der Waals surface area contributed by atoms with E-state index >= 15 is 0 Å². The van der Waals surface area contributed by atoms with E-state index in [0.29, 0.717) is 34.1 Å². The number of halogens is 3. The van der Waals surface area contributed by atoms with Crippen molar-refractivity contribution in [1.82, 2.24) is 9.29 Å². The van der Waals surface area contributed by atoms with Crippen molar-refractivity contribution in [2.45, 2.75) is 43.3 Å². The third-order valence-corrected chi connectivity index (χ3v) is 8.54. The Kier molecular flexibility index (Phi) is 6.79. The minimum absolute atomic E-state index is 0.132. The number of benzene rings is 2. The van der Waals surface area contributed by atoms with E-state index in [1.54, 1.807) is 31.2 Å². The van der Waals surface area contributed by atoms with Crippen molar-refractivity contribution in [2.24, 2.45) is 0 Å². The molecular formula is C23H22F3N3O3S2. The van der Waals surface area contributed by atoms with Gasteiger partial charge in [0.1, 0.15) is 11.0 Å². The smallest absolute Gasteiger partial charge is 0.315 e. The van der Waals surface area contributed by atoms with Crippen LogP contribution in [0, 0.1) is 6.92 Å². The Hall–Kier alpha value is -2.76. The number of nitrogens with one attached hydrogen (secondary N) is 1. The zero-order valence-electron chi connectivity index (χ0n) is 18.2. The Balaban J connectivity index is 1.49. The number of thiazole rings is 1. The Bertz CT molecular complexity index is 1290. The summed E-state index contributed by atoms with van der Waals surface area (Å²) in [4.78, 5) is 17.5. The van der Waals surface area contributed by atoms with Gasteiger partial charge in [0, 0.05) is 13.0 Å². The van der Waals surface area contributed by atoms with Crippen LogP contribution in [0.25, 0.3) is 0 Å². The van der Waals surface area contributed by atoms with Crippen molar-refractivity contribution in [1.29, 1.82) is 0 Å². The number of sulfonamides is 1. The highest BCUT2D eigenvalue weighted by Gasteiger charge is 2.39. The second-order valence-corrected chi connectivity index (χ2v) is 10.9. The monoisotopic (exact) mass is 509 g/mol. The molecule has 180 valence electrons. The van der Waals surface area contributed by atoms with Crippen molar-refractivity contribution in [3.63, 3.8) is 0 Å². The van der Waals surface area contributed by atoms with E-state index in [9.17, 15) is 26.4 Å². The molecule has 0 saturated carbocycles. The second kappa shape index (κ2) is 9.47. The molecule has 6 nitrogen and oxygen atoms in total. The maximum Gasteiger partial charge on any atom is 0.416 e. The molecule has 1 aliphatic rings. The lowest BCUT2D eigenvalue weighted by molar-refractivity contribution is -0.137. The SMILES string of the molecule is Cc1nc(Cc2cccc(C(F)(F)F)c2)sc1NC(=O)C1CCCN1S(=O)(=O)c1ccccc1. The van der Waals surface area contributed by atoms with Gasteiger partial charge in [0.05, 0.1) is 21.2 Å². The van der Waals surface area contributed by atoms with Crippen LogP contribution in [-0.4, -0.2) is 36.2 Å². The predicted molar refractivity (Wildman–Crippen MR) is 123 cm³/mol. The maximum atomic E-state index is 13.0. The fraction of sp³-hybridized carbons (Fsp3) is 0.304. The lowest BCUT2D eigenvalue weighted by Crippen LogP contribution is -2.43. The molecule has 1 unspecified atom stereocenters. The average molecular weight is 510 g/mol. The number of hydrogen-bond donors (Lipinski definition) is 1. The molecule has 2 heterocycles. The van der Waals surface area contributed by atoms with E-state index in [1.165, 1.54) is 33.8 Å². The summed E-state index contributed by atoms with van der Waals surface area (Å²) in [6.45, 7) is 1.94. The lowest BCUT2D eigenvalue weighted by Gasteiger charge is -2.23. The van der Waals surface area contributed by atoms with E-state index in [4.69, 9.17) is 0 Å². The minimum Gasteiger partial charge on any atom is -0.315 e. The van der Waals surface area contributed by atoms with E-state index in [1.807, 2.05) is 0 Å². The Morgan fingerprint density at radius 3 is 2.62 bits per heavy atom. The van der Waals surface area contributed by atoms with Crippen LogP contribution in [0.15, 0.2) is 59.5 Å². The van der Waals surface area contributed by atoms with E-state index in [2.05, 4.69) is 10.3 Å². The van der Waals surface area contributed by atoms with Gasteiger partial charge in [0.25, 0.3) is 0 Å². The van der Waals surface area contributed by atoms with Gasteiger partial charge in [0.15, 0.2) is 0 Å². The number of anilines is 1. The molecule has 0 radical (unpaired) electrons. The number of alkyl halides is 3. The average Bonchev–Trinajstić information content (AvgIpc) is 3.41. The van der Waals surface area contributed by atoms with Gasteiger partial charge in [0.2, 0.25) is 15.9 Å². The molecule has 34 heavy (non-hydrogen) atoms. The van der Waals surface area contributed by atoms with E-state index in [-0.39, 0.29) is 17.9 Å². The fourth-order valence-corrected chi connectivity index (χ4v) is 6.57. The van der Waals surface area contributed by atoms with Gasteiger partial charge in [-0.25, -0.2) is 13.4 Å². The molecule has 1 aliphatic heterocycles. The summed E-state index contributed by atoms with van der Waals surface area (Å²) in [5.74, 6) is -0.450. The van der Waals surface area contributed by atoms with Crippen molar-refractivity contribution < 1.29 is 26.4 Å². The molecule has 1 N–H and O–H groups in total. The van der Waals surface area contributed by atoms with Gasteiger partial charge in [-0.15, -0.1) is 11.3 Å². The first-order valence-electron chi connectivity index (χ1n) is 10.6. The summed E-state index contributed by atoms with van der Waals surface area (Å²) >= 11 is 1.17. The third kappa shape index (κ3) is 5.16. The van der Waals surface area contributed by atoms with Crippen LogP contribution in [0.1, 0.15) is 34.7 Å². The van der Waals surface area contributed by atoms with Crippen molar-refractivity contribution in [3.05, 3.63) is 76.4 Å². The Labute approximate surface area is 199 Å². The Morgan fingerprint density at radius 1 is 1.18 bits per heavy atom. The number of amides is 1. The van der Waals surface area contributed by atoms with Crippen LogP contribution in [0.5, 0.6) is 0 Å². The van der Waals surface area contributed by atoms with Crippen LogP contribution in [0.3, 0.4) is 0 Å². The number of nitrogens with zero attached hydrogens (tertiary/aromatic N) is 2. The molecule has 11 heteroatoms. The first-order valence-corrected chi connectivity index (χ1v) is 12.8. The number of rotatable bonds is 6.